The summed E-state index contributed by atoms with van der Waals surface area (Å²) in [4.78, 5) is 25.5. The summed E-state index contributed by atoms with van der Waals surface area (Å²) in [5, 5.41) is 9.63. The van der Waals surface area contributed by atoms with E-state index in [4.69, 9.17) is 0 Å². The number of nitrogens with zero attached hydrogens (tertiary/aromatic N) is 1. The van der Waals surface area contributed by atoms with E-state index in [1.807, 2.05) is 0 Å². The van der Waals surface area contributed by atoms with Gasteiger partial charge in [0.1, 0.15) is 0 Å². The second-order valence-electron chi connectivity index (χ2n) is 6.24. The van der Waals surface area contributed by atoms with Gasteiger partial charge >= 0.3 is 6.18 Å². The lowest BCUT2D eigenvalue weighted by atomic mass is 9.86. The molecule has 0 radical (unpaired) electrons. The lowest BCUT2D eigenvalue weighted by molar-refractivity contribution is -0.258. The molecule has 126 valence electrons. The summed E-state index contributed by atoms with van der Waals surface area (Å²) >= 11 is 0. The molecule has 0 saturated carbocycles. The molecule has 1 saturated heterocycles. The third kappa shape index (κ3) is 2.73. The number of halogens is 3. The number of anilines is 1. The number of hydrogen-bond acceptors (Lipinski definition) is 3. The summed E-state index contributed by atoms with van der Waals surface area (Å²) in [6.45, 7) is 4.15. The van der Waals surface area contributed by atoms with Crippen LogP contribution in [0.4, 0.5) is 18.9 Å². The molecule has 23 heavy (non-hydrogen) atoms. The molecule has 1 fully saturated rings. The average molecular weight is 329 g/mol. The topological polar surface area (TPSA) is 57.6 Å². The van der Waals surface area contributed by atoms with Crippen LogP contribution in [0.3, 0.4) is 0 Å². The molecule has 1 aromatic carbocycles. The number of hydrogen-bond donors (Lipinski definition) is 1. The van der Waals surface area contributed by atoms with Gasteiger partial charge in [-0.3, -0.25) is 14.5 Å². The Balaban J connectivity index is 2.35. The molecule has 2 amide bonds. The van der Waals surface area contributed by atoms with Crippen LogP contribution < -0.4 is 4.90 Å². The maximum Gasteiger partial charge on any atom is 0.421 e. The first-order chi connectivity index (χ1) is 10.4. The van der Waals surface area contributed by atoms with Crippen LogP contribution in [0.1, 0.15) is 39.2 Å². The summed E-state index contributed by atoms with van der Waals surface area (Å²) < 4.78 is 38.5. The minimum Gasteiger partial charge on any atom is -0.376 e. The average Bonchev–Trinajstić information content (AvgIpc) is 2.68. The molecule has 0 bridgehead atoms. The van der Waals surface area contributed by atoms with Crippen molar-refractivity contribution in [3.05, 3.63) is 29.8 Å². The normalized spacial score (nSPS) is 24.9. The van der Waals surface area contributed by atoms with Gasteiger partial charge in [0.2, 0.25) is 11.8 Å². The second-order valence-corrected chi connectivity index (χ2v) is 6.24. The summed E-state index contributed by atoms with van der Waals surface area (Å²) in [5.41, 5.74) is -3.93. The van der Waals surface area contributed by atoms with E-state index in [9.17, 15) is 27.9 Å². The van der Waals surface area contributed by atoms with Crippen LogP contribution in [0.2, 0.25) is 0 Å². The molecule has 0 aliphatic carbocycles. The summed E-state index contributed by atoms with van der Waals surface area (Å²) in [7, 11) is 0. The quantitative estimate of drug-likeness (QED) is 0.867. The van der Waals surface area contributed by atoms with E-state index in [-0.39, 0.29) is 29.5 Å². The zero-order chi connectivity index (χ0) is 17.6. The van der Waals surface area contributed by atoms with E-state index in [1.54, 1.807) is 13.8 Å². The Morgan fingerprint density at radius 1 is 1.22 bits per heavy atom. The Morgan fingerprint density at radius 3 is 2.13 bits per heavy atom. The molecule has 7 heteroatoms. The molecule has 1 aliphatic rings. The molecule has 2 unspecified atom stereocenters. The van der Waals surface area contributed by atoms with Crippen molar-refractivity contribution in [1.29, 1.82) is 0 Å². The zero-order valence-electron chi connectivity index (χ0n) is 13.1. The number of carbonyl (C=O) groups excluding carboxylic acids is 2. The Morgan fingerprint density at radius 2 is 1.74 bits per heavy atom. The van der Waals surface area contributed by atoms with E-state index in [2.05, 4.69) is 0 Å². The highest BCUT2D eigenvalue weighted by molar-refractivity contribution is 6.22. The van der Waals surface area contributed by atoms with Crippen LogP contribution in [-0.2, 0) is 15.2 Å². The van der Waals surface area contributed by atoms with Crippen LogP contribution >= 0.6 is 0 Å². The Labute approximate surface area is 131 Å². The third-order valence-corrected chi connectivity index (χ3v) is 4.53. The number of benzene rings is 1. The second kappa shape index (κ2) is 5.33. The van der Waals surface area contributed by atoms with Gasteiger partial charge in [0, 0.05) is 6.42 Å². The molecule has 0 aromatic heterocycles. The van der Waals surface area contributed by atoms with E-state index >= 15 is 0 Å². The lowest BCUT2D eigenvalue weighted by Gasteiger charge is -2.27. The molecule has 0 spiro atoms. The molecule has 2 rings (SSSR count). The summed E-state index contributed by atoms with van der Waals surface area (Å²) in [6.07, 6.45) is -4.26. The van der Waals surface area contributed by atoms with Gasteiger partial charge in [-0.25, -0.2) is 0 Å². The maximum atomic E-state index is 12.8. The van der Waals surface area contributed by atoms with Crippen molar-refractivity contribution in [2.75, 3.05) is 4.90 Å². The zero-order valence-corrected chi connectivity index (χ0v) is 13.1. The minimum absolute atomic E-state index is 0.0738. The van der Waals surface area contributed by atoms with Crippen molar-refractivity contribution in [1.82, 2.24) is 0 Å². The van der Waals surface area contributed by atoms with E-state index in [0.717, 1.165) is 17.0 Å². The number of rotatable bonds is 3. The third-order valence-electron chi connectivity index (χ3n) is 4.53. The van der Waals surface area contributed by atoms with Gasteiger partial charge in [-0.1, -0.05) is 26.0 Å². The van der Waals surface area contributed by atoms with Crippen molar-refractivity contribution in [3.63, 3.8) is 0 Å². The van der Waals surface area contributed by atoms with Gasteiger partial charge < -0.3 is 5.11 Å². The highest BCUT2D eigenvalue weighted by Gasteiger charge is 2.51. The highest BCUT2D eigenvalue weighted by atomic mass is 19.4. The fourth-order valence-electron chi connectivity index (χ4n) is 2.51. The number of aliphatic hydroxyl groups is 1. The van der Waals surface area contributed by atoms with Gasteiger partial charge in [0.15, 0.2) is 5.60 Å². The summed E-state index contributed by atoms with van der Waals surface area (Å²) in [5.74, 6) is -0.741. The largest absolute Gasteiger partial charge is 0.421 e. The van der Waals surface area contributed by atoms with Crippen molar-refractivity contribution in [2.24, 2.45) is 5.41 Å². The Hall–Kier alpha value is -1.89. The maximum absolute atomic E-state index is 12.8. The van der Waals surface area contributed by atoms with Crippen LogP contribution in [0.25, 0.3) is 0 Å². The van der Waals surface area contributed by atoms with Crippen LogP contribution in [0.5, 0.6) is 0 Å². The lowest BCUT2D eigenvalue weighted by Crippen LogP contribution is -2.39. The van der Waals surface area contributed by atoms with Crippen LogP contribution in [0, 0.1) is 5.41 Å². The number of carbonyl (C=O) groups is 2. The first kappa shape index (κ1) is 17.5. The van der Waals surface area contributed by atoms with Gasteiger partial charge in [-0.2, -0.15) is 13.2 Å². The van der Waals surface area contributed by atoms with Gasteiger partial charge in [0.25, 0.3) is 0 Å². The SMILES string of the molecule is CCC1(C)CC(=O)N(c2ccc(C(C)(O)C(F)(F)F)cc2)C1=O. The van der Waals surface area contributed by atoms with E-state index in [1.165, 1.54) is 12.1 Å². The Kier molecular flexibility index (Phi) is 4.05. The first-order valence-electron chi connectivity index (χ1n) is 7.21. The standard InChI is InChI=1S/C16H18F3NO3/c1-4-14(2)9-12(21)20(13(14)22)11-7-5-10(6-8-11)15(3,23)16(17,18)19/h5-8,23H,4,9H2,1-3H3. The monoisotopic (exact) mass is 329 g/mol. The fourth-order valence-corrected chi connectivity index (χ4v) is 2.51. The van der Waals surface area contributed by atoms with Gasteiger partial charge in [-0.05, 0) is 31.0 Å². The van der Waals surface area contributed by atoms with Crippen molar-refractivity contribution >= 4 is 17.5 Å². The fraction of sp³-hybridized carbons (Fsp3) is 0.500. The predicted octanol–water partition coefficient (Wildman–Crippen LogP) is 3.14. The summed E-state index contributed by atoms with van der Waals surface area (Å²) in [6, 6.07) is 4.63. The number of amides is 2. The number of imide groups is 1. The molecule has 1 aliphatic heterocycles. The minimum atomic E-state index is -4.82. The molecule has 1 aromatic rings. The molecule has 4 nitrogen and oxygen atoms in total. The van der Waals surface area contributed by atoms with E-state index in [0.29, 0.717) is 13.3 Å². The van der Waals surface area contributed by atoms with Crippen LogP contribution in [-0.4, -0.2) is 23.1 Å². The molecule has 2 atom stereocenters. The molecule has 1 N–H and O–H groups in total. The smallest absolute Gasteiger partial charge is 0.376 e. The Bertz CT molecular complexity index is 637. The van der Waals surface area contributed by atoms with Crippen molar-refractivity contribution in [3.8, 4) is 0 Å². The molecular weight excluding hydrogens is 311 g/mol. The van der Waals surface area contributed by atoms with Crippen LogP contribution in [0.15, 0.2) is 24.3 Å². The van der Waals surface area contributed by atoms with Crippen molar-refractivity contribution < 1.29 is 27.9 Å². The van der Waals surface area contributed by atoms with Crippen molar-refractivity contribution in [2.45, 2.75) is 45.4 Å². The van der Waals surface area contributed by atoms with E-state index < -0.39 is 17.2 Å². The van der Waals surface area contributed by atoms with Gasteiger partial charge in [0.05, 0.1) is 11.1 Å². The first-order valence-corrected chi connectivity index (χ1v) is 7.21. The molecule has 1 heterocycles. The predicted molar refractivity (Wildman–Crippen MR) is 77.6 cm³/mol. The van der Waals surface area contributed by atoms with Gasteiger partial charge in [-0.15, -0.1) is 0 Å². The highest BCUT2D eigenvalue weighted by Crippen LogP contribution is 2.41. The number of alkyl halides is 3. The molecular formula is C16H18F3NO3.